The minimum atomic E-state index is 0.794. The molecule has 4 rings (SSSR count). The van der Waals surface area contributed by atoms with Crippen LogP contribution < -0.4 is 0 Å². The van der Waals surface area contributed by atoms with Crippen molar-refractivity contribution in [2.75, 3.05) is 0 Å². The number of fused-ring (bicyclic) bond motifs is 3. The zero-order valence-corrected chi connectivity index (χ0v) is 9.87. The predicted molar refractivity (Wildman–Crippen MR) is 69.4 cm³/mol. The maximum absolute atomic E-state index is 5.39. The van der Waals surface area contributed by atoms with Crippen LogP contribution >= 0.6 is 0 Å². The largest absolute Gasteiger partial charge is 0.463 e. The Morgan fingerprint density at radius 3 is 2.67 bits per heavy atom. The average Bonchev–Trinajstić information content (AvgIpc) is 3.09. The molecule has 3 aromatic heterocycles. The topological polar surface area (TPSA) is 35.4 Å². The first-order chi connectivity index (χ1) is 8.84. The van der Waals surface area contributed by atoms with Gasteiger partial charge in [0.15, 0.2) is 5.76 Å². The van der Waals surface area contributed by atoms with Gasteiger partial charge in [0.25, 0.3) is 0 Å². The zero-order chi connectivity index (χ0) is 12.1. The Hall–Kier alpha value is -2.49. The third kappa shape index (κ3) is 1.12. The maximum atomic E-state index is 5.39. The van der Waals surface area contributed by atoms with E-state index in [1.165, 1.54) is 5.52 Å². The van der Waals surface area contributed by atoms with Crippen LogP contribution in [0.1, 0.15) is 0 Å². The van der Waals surface area contributed by atoms with Gasteiger partial charge < -0.3 is 8.98 Å². The predicted octanol–water partition coefficient (Wildman–Crippen LogP) is 3.09. The molecular formula is C14H11N3O. The lowest BCUT2D eigenvalue weighted by Gasteiger charge is -1.94. The second kappa shape index (κ2) is 3.26. The fourth-order valence-corrected chi connectivity index (χ4v) is 2.39. The van der Waals surface area contributed by atoms with Gasteiger partial charge in [-0.1, -0.05) is 12.1 Å². The van der Waals surface area contributed by atoms with Gasteiger partial charge in [0, 0.05) is 13.2 Å². The first-order valence-corrected chi connectivity index (χ1v) is 5.81. The van der Waals surface area contributed by atoms with E-state index < -0.39 is 0 Å². The van der Waals surface area contributed by atoms with Crippen LogP contribution in [0.5, 0.6) is 0 Å². The molecule has 4 heteroatoms. The molecule has 4 nitrogen and oxygen atoms in total. The van der Waals surface area contributed by atoms with Gasteiger partial charge in [0.1, 0.15) is 5.69 Å². The normalized spacial score (nSPS) is 11.6. The summed E-state index contributed by atoms with van der Waals surface area (Å²) in [4.78, 5) is 4.62. The number of nitrogens with zero attached hydrogens (tertiary/aromatic N) is 3. The van der Waals surface area contributed by atoms with E-state index in [-0.39, 0.29) is 0 Å². The summed E-state index contributed by atoms with van der Waals surface area (Å²) < 4.78 is 9.56. The number of hydrogen-bond acceptors (Lipinski definition) is 2. The lowest BCUT2D eigenvalue weighted by atomic mass is 10.3. The van der Waals surface area contributed by atoms with Crippen molar-refractivity contribution in [2.45, 2.75) is 0 Å². The summed E-state index contributed by atoms with van der Waals surface area (Å²) in [6.07, 6.45) is 3.67. The van der Waals surface area contributed by atoms with E-state index in [0.717, 1.165) is 22.7 Å². The van der Waals surface area contributed by atoms with E-state index in [1.54, 1.807) is 6.26 Å². The Bertz CT molecular complexity index is 837. The molecular weight excluding hydrogens is 226 g/mol. The van der Waals surface area contributed by atoms with Crippen LogP contribution in [0, 0.1) is 0 Å². The van der Waals surface area contributed by atoms with Gasteiger partial charge in [-0.05, 0) is 24.3 Å². The van der Waals surface area contributed by atoms with E-state index in [4.69, 9.17) is 4.42 Å². The summed E-state index contributed by atoms with van der Waals surface area (Å²) >= 11 is 0. The highest BCUT2D eigenvalue weighted by molar-refractivity contribution is 5.81. The van der Waals surface area contributed by atoms with Crippen LogP contribution in [-0.2, 0) is 7.05 Å². The molecule has 0 unspecified atom stereocenters. The molecule has 0 aliphatic heterocycles. The summed E-state index contributed by atoms with van der Waals surface area (Å²) in [7, 11) is 2.02. The Kier molecular flexibility index (Phi) is 1.73. The Morgan fingerprint density at radius 2 is 1.89 bits per heavy atom. The number of aryl methyl sites for hydroxylation is 1. The summed E-state index contributed by atoms with van der Waals surface area (Å²) in [6, 6.07) is 12.1. The highest BCUT2D eigenvalue weighted by Gasteiger charge is 2.13. The standard InChI is InChI=1S/C14H11N3O/c1-16-11-5-2-3-6-12(11)17-9-10(15-14(16)17)13-7-4-8-18-13/h2-9H,1H3. The van der Waals surface area contributed by atoms with Gasteiger partial charge >= 0.3 is 0 Å². The Balaban J connectivity index is 2.10. The summed E-state index contributed by atoms with van der Waals surface area (Å²) in [5.41, 5.74) is 3.18. The van der Waals surface area contributed by atoms with Crippen LogP contribution in [0.2, 0.25) is 0 Å². The molecule has 4 aromatic rings. The van der Waals surface area contributed by atoms with Gasteiger partial charge in [0.2, 0.25) is 5.78 Å². The quantitative estimate of drug-likeness (QED) is 0.510. The molecule has 0 N–H and O–H groups in total. The number of furan rings is 1. The lowest BCUT2D eigenvalue weighted by molar-refractivity contribution is 0.580. The summed E-state index contributed by atoms with van der Waals surface area (Å²) in [5, 5.41) is 0. The van der Waals surface area contributed by atoms with Gasteiger partial charge in [-0.2, -0.15) is 0 Å². The van der Waals surface area contributed by atoms with Gasteiger partial charge in [-0.25, -0.2) is 4.98 Å². The molecule has 88 valence electrons. The minimum Gasteiger partial charge on any atom is -0.463 e. The fraction of sp³-hybridized carbons (Fsp3) is 0.0714. The molecule has 0 fully saturated rings. The number of benzene rings is 1. The Morgan fingerprint density at radius 1 is 1.06 bits per heavy atom. The van der Waals surface area contributed by atoms with E-state index in [0.29, 0.717) is 0 Å². The molecule has 0 radical (unpaired) electrons. The number of rotatable bonds is 1. The van der Waals surface area contributed by atoms with Crippen molar-refractivity contribution in [3.05, 3.63) is 48.9 Å². The summed E-state index contributed by atoms with van der Waals surface area (Å²) in [6.45, 7) is 0. The monoisotopic (exact) mass is 237 g/mol. The lowest BCUT2D eigenvalue weighted by Crippen LogP contribution is -1.88. The van der Waals surface area contributed by atoms with Crippen LogP contribution in [0.15, 0.2) is 53.3 Å². The third-order valence-corrected chi connectivity index (χ3v) is 3.26. The van der Waals surface area contributed by atoms with E-state index in [9.17, 15) is 0 Å². The minimum absolute atomic E-state index is 0.794. The average molecular weight is 237 g/mol. The molecule has 0 bridgehead atoms. The van der Waals surface area contributed by atoms with Crippen LogP contribution in [0.4, 0.5) is 0 Å². The van der Waals surface area contributed by atoms with Crippen molar-refractivity contribution in [3.63, 3.8) is 0 Å². The summed E-state index contributed by atoms with van der Waals surface area (Å²) in [5.74, 6) is 1.71. The van der Waals surface area contributed by atoms with Crippen LogP contribution in [-0.4, -0.2) is 14.0 Å². The molecule has 3 heterocycles. The molecule has 18 heavy (non-hydrogen) atoms. The molecule has 1 aromatic carbocycles. The number of para-hydroxylation sites is 2. The number of aromatic nitrogens is 3. The SMILES string of the molecule is Cn1c2ccccc2n2cc(-c3ccco3)nc12. The molecule has 0 spiro atoms. The van der Waals surface area contributed by atoms with Gasteiger partial charge in [0.05, 0.1) is 17.3 Å². The molecule has 0 saturated heterocycles. The van der Waals surface area contributed by atoms with E-state index >= 15 is 0 Å². The third-order valence-electron chi connectivity index (χ3n) is 3.26. The van der Waals surface area contributed by atoms with Crippen molar-refractivity contribution in [1.82, 2.24) is 14.0 Å². The molecule has 0 atom stereocenters. The van der Waals surface area contributed by atoms with Crippen LogP contribution in [0.3, 0.4) is 0 Å². The molecule has 0 aliphatic rings. The van der Waals surface area contributed by atoms with Crippen molar-refractivity contribution in [2.24, 2.45) is 7.05 Å². The number of hydrogen-bond donors (Lipinski definition) is 0. The smallest absolute Gasteiger partial charge is 0.215 e. The van der Waals surface area contributed by atoms with E-state index in [1.807, 2.05) is 37.5 Å². The van der Waals surface area contributed by atoms with Gasteiger partial charge in [-0.3, -0.25) is 4.40 Å². The van der Waals surface area contributed by atoms with Gasteiger partial charge in [-0.15, -0.1) is 0 Å². The van der Waals surface area contributed by atoms with Crippen molar-refractivity contribution in [1.29, 1.82) is 0 Å². The first kappa shape index (κ1) is 9.53. The van der Waals surface area contributed by atoms with E-state index in [2.05, 4.69) is 26.1 Å². The maximum Gasteiger partial charge on any atom is 0.215 e. The fourth-order valence-electron chi connectivity index (χ4n) is 2.39. The van der Waals surface area contributed by atoms with Crippen LogP contribution in [0.25, 0.3) is 28.3 Å². The second-order valence-corrected chi connectivity index (χ2v) is 4.32. The van der Waals surface area contributed by atoms with Crippen molar-refractivity contribution in [3.8, 4) is 11.5 Å². The second-order valence-electron chi connectivity index (χ2n) is 4.32. The Labute approximate surface area is 103 Å². The van der Waals surface area contributed by atoms with Crippen molar-refractivity contribution < 1.29 is 4.42 Å². The molecule has 0 amide bonds. The first-order valence-electron chi connectivity index (χ1n) is 5.81. The highest BCUT2D eigenvalue weighted by Crippen LogP contribution is 2.24. The zero-order valence-electron chi connectivity index (χ0n) is 9.87. The molecule has 0 saturated carbocycles. The number of imidazole rings is 2. The van der Waals surface area contributed by atoms with Crippen molar-refractivity contribution >= 4 is 16.8 Å². The highest BCUT2D eigenvalue weighted by atomic mass is 16.3. The molecule has 0 aliphatic carbocycles.